The molecular weight excluding hydrogens is 286 g/mol. The summed E-state index contributed by atoms with van der Waals surface area (Å²) < 4.78 is 1.74. The summed E-state index contributed by atoms with van der Waals surface area (Å²) in [7, 11) is 0. The summed E-state index contributed by atoms with van der Waals surface area (Å²) in [6.07, 6.45) is 1.53. The van der Waals surface area contributed by atoms with Gasteiger partial charge in [-0.05, 0) is 74.9 Å². The Bertz CT molecular complexity index is 863. The molecule has 0 saturated heterocycles. The monoisotopic (exact) mass is 309 g/mol. The number of benzene rings is 1. The van der Waals surface area contributed by atoms with E-state index in [1.807, 2.05) is 13.0 Å². The molecule has 5 heteroatoms. The highest BCUT2D eigenvalue weighted by molar-refractivity contribution is 5.52. The van der Waals surface area contributed by atoms with Crippen LogP contribution in [0.3, 0.4) is 0 Å². The molecule has 3 rings (SSSR count). The lowest BCUT2D eigenvalue weighted by Crippen LogP contribution is -2.11. The zero-order chi connectivity index (χ0) is 16.7. The van der Waals surface area contributed by atoms with Crippen molar-refractivity contribution >= 4 is 11.6 Å². The first-order valence-electron chi connectivity index (χ1n) is 7.87. The fraction of sp³-hybridized carbons (Fsp3) is 0.389. The Labute approximate surface area is 136 Å². The van der Waals surface area contributed by atoms with Gasteiger partial charge in [0.25, 0.3) is 5.78 Å². The van der Waals surface area contributed by atoms with E-state index in [1.54, 1.807) is 4.52 Å². The fourth-order valence-corrected chi connectivity index (χ4v) is 3.08. The lowest BCUT2D eigenvalue weighted by atomic mass is 9.89. The molecule has 2 aromatic heterocycles. The third-order valence-corrected chi connectivity index (χ3v) is 4.98. The molecule has 0 aliphatic carbocycles. The van der Waals surface area contributed by atoms with Gasteiger partial charge in [-0.15, -0.1) is 0 Å². The van der Waals surface area contributed by atoms with Crippen LogP contribution in [0.1, 0.15) is 39.1 Å². The number of hydrogen-bond donors (Lipinski definition) is 1. The molecular formula is C18H23N5. The van der Waals surface area contributed by atoms with Crippen molar-refractivity contribution in [3.05, 3.63) is 51.5 Å². The molecule has 3 aromatic rings. The number of rotatable bonds is 3. The Hall–Kier alpha value is -2.43. The third-order valence-electron chi connectivity index (χ3n) is 4.98. The zero-order valence-corrected chi connectivity index (χ0v) is 14.7. The largest absolute Gasteiger partial charge is 0.366 e. The first-order chi connectivity index (χ1) is 10.9. The van der Waals surface area contributed by atoms with Crippen molar-refractivity contribution in [1.29, 1.82) is 0 Å². The molecule has 0 fully saturated rings. The Kier molecular flexibility index (Phi) is 3.80. The van der Waals surface area contributed by atoms with E-state index in [9.17, 15) is 0 Å². The molecule has 0 unspecified atom stereocenters. The van der Waals surface area contributed by atoms with Crippen LogP contribution in [-0.2, 0) is 6.54 Å². The van der Waals surface area contributed by atoms with Crippen LogP contribution in [-0.4, -0.2) is 19.6 Å². The van der Waals surface area contributed by atoms with Crippen LogP contribution in [0.5, 0.6) is 0 Å². The summed E-state index contributed by atoms with van der Waals surface area (Å²) in [5, 5.41) is 7.75. The van der Waals surface area contributed by atoms with Gasteiger partial charge in [0, 0.05) is 18.3 Å². The van der Waals surface area contributed by atoms with Gasteiger partial charge in [0.15, 0.2) is 0 Å². The van der Waals surface area contributed by atoms with Gasteiger partial charge in [0.1, 0.15) is 12.1 Å². The van der Waals surface area contributed by atoms with Crippen molar-refractivity contribution in [3.8, 4) is 0 Å². The van der Waals surface area contributed by atoms with Crippen LogP contribution in [0, 0.1) is 41.5 Å². The zero-order valence-electron chi connectivity index (χ0n) is 14.7. The predicted molar refractivity (Wildman–Crippen MR) is 93.0 cm³/mol. The van der Waals surface area contributed by atoms with Gasteiger partial charge in [0.2, 0.25) is 0 Å². The molecule has 5 nitrogen and oxygen atoms in total. The van der Waals surface area contributed by atoms with Crippen LogP contribution in [0.4, 0.5) is 5.82 Å². The van der Waals surface area contributed by atoms with E-state index in [0.29, 0.717) is 5.78 Å². The van der Waals surface area contributed by atoms with Gasteiger partial charge in [0.05, 0.1) is 0 Å². The minimum atomic E-state index is 0.622. The number of aryl methyl sites for hydroxylation is 1. The van der Waals surface area contributed by atoms with Crippen molar-refractivity contribution < 1.29 is 0 Å². The lowest BCUT2D eigenvalue weighted by molar-refractivity contribution is 0.911. The van der Waals surface area contributed by atoms with Crippen molar-refractivity contribution in [3.63, 3.8) is 0 Å². The van der Waals surface area contributed by atoms with Crippen LogP contribution in [0.15, 0.2) is 12.4 Å². The van der Waals surface area contributed by atoms with E-state index in [2.05, 4.69) is 55.0 Å². The Balaban J connectivity index is 1.99. The lowest BCUT2D eigenvalue weighted by Gasteiger charge is -2.19. The molecule has 2 heterocycles. The first-order valence-corrected chi connectivity index (χ1v) is 7.87. The van der Waals surface area contributed by atoms with Crippen LogP contribution in [0.25, 0.3) is 5.78 Å². The topological polar surface area (TPSA) is 55.1 Å². The van der Waals surface area contributed by atoms with Gasteiger partial charge in [-0.2, -0.15) is 14.6 Å². The van der Waals surface area contributed by atoms with Gasteiger partial charge in [-0.3, -0.25) is 0 Å². The molecule has 120 valence electrons. The third kappa shape index (κ3) is 2.56. The molecule has 1 aromatic carbocycles. The summed E-state index contributed by atoms with van der Waals surface area (Å²) in [4.78, 5) is 8.55. The highest BCUT2D eigenvalue weighted by Crippen LogP contribution is 2.26. The molecule has 0 saturated carbocycles. The second-order valence-electron chi connectivity index (χ2n) is 6.21. The number of hydrogen-bond acceptors (Lipinski definition) is 4. The Morgan fingerprint density at radius 3 is 2.17 bits per heavy atom. The van der Waals surface area contributed by atoms with Gasteiger partial charge in [-0.25, -0.2) is 4.98 Å². The summed E-state index contributed by atoms with van der Waals surface area (Å²) in [5.41, 5.74) is 9.15. The Morgan fingerprint density at radius 2 is 1.52 bits per heavy atom. The predicted octanol–water partition coefficient (Wildman–Crippen LogP) is 3.59. The highest BCUT2D eigenvalue weighted by atomic mass is 15.3. The van der Waals surface area contributed by atoms with E-state index < -0.39 is 0 Å². The number of aromatic nitrogens is 4. The average molecular weight is 309 g/mol. The van der Waals surface area contributed by atoms with E-state index in [1.165, 1.54) is 39.7 Å². The maximum absolute atomic E-state index is 4.38. The molecule has 0 spiro atoms. The summed E-state index contributed by atoms with van der Waals surface area (Å²) in [6, 6.07) is 2.00. The molecule has 0 radical (unpaired) electrons. The molecule has 0 atom stereocenters. The van der Waals surface area contributed by atoms with E-state index in [-0.39, 0.29) is 0 Å². The maximum atomic E-state index is 4.38. The van der Waals surface area contributed by atoms with Gasteiger partial charge >= 0.3 is 0 Å². The van der Waals surface area contributed by atoms with Crippen molar-refractivity contribution in [2.45, 2.75) is 48.1 Å². The fourth-order valence-electron chi connectivity index (χ4n) is 3.08. The van der Waals surface area contributed by atoms with Gasteiger partial charge < -0.3 is 5.32 Å². The summed E-state index contributed by atoms with van der Waals surface area (Å²) in [6.45, 7) is 13.7. The number of nitrogens with one attached hydrogen (secondary N) is 1. The maximum Gasteiger partial charge on any atom is 0.254 e. The molecule has 23 heavy (non-hydrogen) atoms. The average Bonchev–Trinajstić information content (AvgIpc) is 2.99. The van der Waals surface area contributed by atoms with E-state index >= 15 is 0 Å². The molecule has 0 amide bonds. The number of anilines is 1. The van der Waals surface area contributed by atoms with E-state index in [4.69, 9.17) is 0 Å². The van der Waals surface area contributed by atoms with E-state index in [0.717, 1.165) is 18.1 Å². The van der Waals surface area contributed by atoms with Crippen LogP contribution in [0.2, 0.25) is 0 Å². The normalized spacial score (nSPS) is 11.2. The summed E-state index contributed by atoms with van der Waals surface area (Å²) in [5.74, 6) is 1.54. The second kappa shape index (κ2) is 5.65. The van der Waals surface area contributed by atoms with Gasteiger partial charge in [-0.1, -0.05) is 0 Å². The molecule has 0 bridgehead atoms. The molecule has 0 aliphatic rings. The Morgan fingerprint density at radius 1 is 0.913 bits per heavy atom. The van der Waals surface area contributed by atoms with Crippen LogP contribution >= 0.6 is 0 Å². The second-order valence-corrected chi connectivity index (χ2v) is 6.21. The SMILES string of the molecule is Cc1cc(NCc2c(C)c(C)c(C)c(C)c2C)n2ncnc2n1. The number of fused-ring (bicyclic) bond motifs is 1. The number of nitrogens with zero attached hydrogens (tertiary/aromatic N) is 4. The highest BCUT2D eigenvalue weighted by Gasteiger charge is 2.13. The van der Waals surface area contributed by atoms with Crippen molar-refractivity contribution in [2.24, 2.45) is 0 Å². The standard InChI is InChI=1S/C18H23N5/c1-10-7-17(23-18(22-10)20-9-21-23)19-8-16-14(5)12(3)11(2)13(4)15(16)6/h7,9,19H,8H2,1-6H3. The van der Waals surface area contributed by atoms with Crippen molar-refractivity contribution in [2.75, 3.05) is 5.32 Å². The smallest absolute Gasteiger partial charge is 0.254 e. The van der Waals surface area contributed by atoms with Crippen LogP contribution < -0.4 is 5.32 Å². The quantitative estimate of drug-likeness (QED) is 0.803. The minimum absolute atomic E-state index is 0.622. The first kappa shape index (κ1) is 15.5. The minimum Gasteiger partial charge on any atom is -0.366 e. The summed E-state index contributed by atoms with van der Waals surface area (Å²) >= 11 is 0. The molecule has 0 aliphatic heterocycles. The molecule has 1 N–H and O–H groups in total. The van der Waals surface area contributed by atoms with Crippen molar-refractivity contribution in [1.82, 2.24) is 19.6 Å².